The monoisotopic (exact) mass is 618 g/mol. The van der Waals surface area contributed by atoms with Gasteiger partial charge in [-0.15, -0.1) is 0 Å². The Hall–Kier alpha value is -2.54. The van der Waals surface area contributed by atoms with E-state index in [2.05, 4.69) is 76.0 Å². The number of hydrogen-bond acceptors (Lipinski definition) is 5. The Bertz CT molecular complexity index is 1250. The van der Waals surface area contributed by atoms with Gasteiger partial charge in [0.15, 0.2) is 0 Å². The molecule has 2 N–H and O–H groups in total. The van der Waals surface area contributed by atoms with Crippen LogP contribution < -0.4 is 5.32 Å². The first-order chi connectivity index (χ1) is 21.4. The molecular formula is C37H51ClN4O2. The average Bonchev–Trinajstić information content (AvgIpc) is 3.70. The molecule has 6 nitrogen and oxygen atoms in total. The highest BCUT2D eigenvalue weighted by molar-refractivity contribution is 6.30. The molecule has 2 aliphatic heterocycles. The van der Waals surface area contributed by atoms with E-state index in [0.717, 1.165) is 88.6 Å². The van der Waals surface area contributed by atoms with Crippen LogP contribution in [0.2, 0.25) is 5.02 Å². The summed E-state index contributed by atoms with van der Waals surface area (Å²) in [4.78, 5) is 20.1. The molecule has 0 radical (unpaired) electrons. The molecule has 2 saturated heterocycles. The second-order valence-electron chi connectivity index (χ2n) is 13.9. The van der Waals surface area contributed by atoms with E-state index >= 15 is 0 Å². The van der Waals surface area contributed by atoms with Crippen LogP contribution in [0.1, 0.15) is 81.8 Å². The first kappa shape index (κ1) is 31.4. The topological polar surface area (TPSA) is 59.0 Å². The number of nitrogens with one attached hydrogen (secondary N) is 1. The van der Waals surface area contributed by atoms with Crippen LogP contribution in [0.25, 0.3) is 0 Å². The third-order valence-electron chi connectivity index (χ3n) is 11.1. The Kier molecular flexibility index (Phi) is 9.89. The van der Waals surface area contributed by atoms with Gasteiger partial charge in [-0.1, -0.05) is 79.9 Å². The second-order valence-corrected chi connectivity index (χ2v) is 14.3. The molecule has 2 aliphatic carbocycles. The first-order valence-corrected chi connectivity index (χ1v) is 17.5. The highest BCUT2D eigenvalue weighted by Gasteiger charge is 2.46. The molecule has 4 aliphatic rings. The van der Waals surface area contributed by atoms with E-state index < -0.39 is 5.97 Å². The molecule has 44 heavy (non-hydrogen) atoms. The lowest BCUT2D eigenvalue weighted by Gasteiger charge is -2.42. The molecule has 3 unspecified atom stereocenters. The normalized spacial score (nSPS) is 25.4. The van der Waals surface area contributed by atoms with E-state index in [1.54, 1.807) is 0 Å². The van der Waals surface area contributed by atoms with Gasteiger partial charge in [-0.05, 0) is 80.5 Å². The zero-order valence-electron chi connectivity index (χ0n) is 26.5. The summed E-state index contributed by atoms with van der Waals surface area (Å²) in [6.45, 7) is 12.6. The van der Waals surface area contributed by atoms with Crippen molar-refractivity contribution >= 4 is 17.6 Å². The zero-order valence-corrected chi connectivity index (χ0v) is 27.2. The third kappa shape index (κ3) is 6.98. The predicted octanol–water partition coefficient (Wildman–Crippen LogP) is 6.93. The maximum absolute atomic E-state index is 12.6. The molecular weight excluding hydrogens is 568 g/mol. The lowest BCUT2D eigenvalue weighted by molar-refractivity contribution is -0.145. The van der Waals surface area contributed by atoms with Crippen LogP contribution in [0.5, 0.6) is 0 Å². The minimum atomic E-state index is -0.622. The molecule has 0 aromatic heterocycles. The highest BCUT2D eigenvalue weighted by atomic mass is 35.5. The van der Waals surface area contributed by atoms with Gasteiger partial charge in [0, 0.05) is 56.3 Å². The quantitative estimate of drug-likeness (QED) is 0.269. The summed E-state index contributed by atoms with van der Waals surface area (Å²) in [5.41, 5.74) is 2.64. The Labute approximate surface area is 269 Å². The van der Waals surface area contributed by atoms with Crippen molar-refractivity contribution in [2.45, 2.75) is 88.3 Å². The number of likely N-dealkylation sites (tertiary alicyclic amines) is 2. The summed E-state index contributed by atoms with van der Waals surface area (Å²) < 4.78 is 0. The van der Waals surface area contributed by atoms with E-state index in [0.29, 0.717) is 17.9 Å². The Balaban J connectivity index is 1.08. The Morgan fingerprint density at radius 3 is 2.32 bits per heavy atom. The first-order valence-electron chi connectivity index (χ1n) is 17.1. The summed E-state index contributed by atoms with van der Waals surface area (Å²) in [6.07, 6.45) is 10.2. The molecule has 4 fully saturated rings. The minimum absolute atomic E-state index is 0.0119. The summed E-state index contributed by atoms with van der Waals surface area (Å²) in [7, 11) is 0. The number of carboxylic acid groups (broad SMARTS) is 1. The number of aliphatic carboxylic acids is 1. The fourth-order valence-corrected chi connectivity index (χ4v) is 8.77. The average molecular weight is 619 g/mol. The lowest BCUT2D eigenvalue weighted by atomic mass is 9.83. The van der Waals surface area contributed by atoms with Crippen molar-refractivity contribution in [2.24, 2.45) is 11.8 Å². The van der Waals surface area contributed by atoms with Crippen molar-refractivity contribution < 1.29 is 9.90 Å². The lowest BCUT2D eigenvalue weighted by Crippen LogP contribution is -2.49. The smallest absolute Gasteiger partial charge is 0.321 e. The van der Waals surface area contributed by atoms with Crippen molar-refractivity contribution in [3.8, 4) is 0 Å². The third-order valence-corrected chi connectivity index (χ3v) is 11.4. The molecule has 0 spiro atoms. The van der Waals surface area contributed by atoms with Gasteiger partial charge in [-0.2, -0.15) is 0 Å². The van der Waals surface area contributed by atoms with Crippen LogP contribution in [-0.4, -0.2) is 77.1 Å². The zero-order chi connectivity index (χ0) is 30.7. The van der Waals surface area contributed by atoms with E-state index in [4.69, 9.17) is 11.6 Å². The van der Waals surface area contributed by atoms with Crippen LogP contribution in [0, 0.1) is 11.8 Å². The fraction of sp³-hybridized carbons (Fsp3) is 0.595. The SMILES string of the molecule is C=C(NC1(c2ccc(Cl)cc2)CC1)N(CC)C1CCN(CC2CN(C(C(=O)O)C3CCCCC3)CC2c2ccccc2)CC1. The Morgan fingerprint density at radius 1 is 1.02 bits per heavy atom. The molecule has 0 amide bonds. The van der Waals surface area contributed by atoms with Gasteiger partial charge >= 0.3 is 5.97 Å². The maximum Gasteiger partial charge on any atom is 0.321 e. The van der Waals surface area contributed by atoms with Crippen molar-refractivity contribution in [1.82, 2.24) is 20.0 Å². The van der Waals surface area contributed by atoms with E-state index in [9.17, 15) is 9.90 Å². The highest BCUT2D eigenvalue weighted by Crippen LogP contribution is 2.47. The fourth-order valence-electron chi connectivity index (χ4n) is 8.64. The second kappa shape index (κ2) is 13.8. The van der Waals surface area contributed by atoms with Crippen LogP contribution >= 0.6 is 11.6 Å². The largest absolute Gasteiger partial charge is 0.480 e. The van der Waals surface area contributed by atoms with Crippen LogP contribution in [0.4, 0.5) is 0 Å². The standard InChI is InChI=1S/C37H51ClN4O2/c1-3-42(27(2)39-37(20-21-37)31-14-16-32(38)17-15-31)33-18-22-40(23-19-33)24-30-25-41(26-34(30)28-10-6-4-7-11-28)35(36(43)44)29-12-8-5-9-13-29/h4,6-7,10-11,14-17,29-30,33-35,39H,2-3,5,8-9,12-13,18-26H2,1H3,(H,43,44). The molecule has 2 aromatic rings. The maximum atomic E-state index is 12.6. The number of piperidine rings is 1. The molecule has 238 valence electrons. The predicted molar refractivity (Wildman–Crippen MR) is 179 cm³/mol. The van der Waals surface area contributed by atoms with E-state index in [1.165, 1.54) is 30.4 Å². The summed E-state index contributed by atoms with van der Waals surface area (Å²) in [5, 5.41) is 15.0. The number of hydrogen-bond donors (Lipinski definition) is 2. The van der Waals surface area contributed by atoms with Gasteiger partial charge in [-0.25, -0.2) is 0 Å². The number of halogens is 1. The molecule has 2 heterocycles. The minimum Gasteiger partial charge on any atom is -0.480 e. The van der Waals surface area contributed by atoms with Gasteiger partial charge in [0.2, 0.25) is 0 Å². The van der Waals surface area contributed by atoms with Gasteiger partial charge in [-0.3, -0.25) is 9.69 Å². The molecule has 0 bridgehead atoms. The van der Waals surface area contributed by atoms with Crippen LogP contribution in [0.3, 0.4) is 0 Å². The summed E-state index contributed by atoms with van der Waals surface area (Å²) in [6, 6.07) is 19.2. The number of nitrogens with zero attached hydrogens (tertiary/aromatic N) is 3. The number of benzene rings is 2. The van der Waals surface area contributed by atoms with E-state index in [-0.39, 0.29) is 17.5 Å². The molecule has 6 rings (SSSR count). The van der Waals surface area contributed by atoms with Crippen molar-refractivity contribution in [2.75, 3.05) is 39.3 Å². The number of carbonyl (C=O) groups is 1. The van der Waals surface area contributed by atoms with Crippen molar-refractivity contribution in [1.29, 1.82) is 0 Å². The molecule has 2 saturated carbocycles. The van der Waals surface area contributed by atoms with Gasteiger partial charge < -0.3 is 20.2 Å². The van der Waals surface area contributed by atoms with E-state index in [1.807, 2.05) is 12.1 Å². The van der Waals surface area contributed by atoms with Crippen molar-refractivity contribution in [3.63, 3.8) is 0 Å². The van der Waals surface area contributed by atoms with Gasteiger partial charge in [0.1, 0.15) is 6.04 Å². The molecule has 3 atom stereocenters. The molecule has 2 aromatic carbocycles. The molecule has 7 heteroatoms. The van der Waals surface area contributed by atoms with Crippen LogP contribution in [-0.2, 0) is 10.3 Å². The van der Waals surface area contributed by atoms with Crippen molar-refractivity contribution in [3.05, 3.63) is 83.1 Å². The number of rotatable bonds is 12. The van der Waals surface area contributed by atoms with Crippen LogP contribution in [0.15, 0.2) is 67.0 Å². The van der Waals surface area contributed by atoms with Gasteiger partial charge in [0.05, 0.1) is 11.4 Å². The Morgan fingerprint density at radius 2 is 1.70 bits per heavy atom. The number of carboxylic acids is 1. The summed E-state index contributed by atoms with van der Waals surface area (Å²) in [5.74, 6) is 1.51. The van der Waals surface area contributed by atoms with Gasteiger partial charge in [0.25, 0.3) is 0 Å². The summed E-state index contributed by atoms with van der Waals surface area (Å²) >= 11 is 6.16.